The summed E-state index contributed by atoms with van der Waals surface area (Å²) in [7, 11) is 0. The van der Waals surface area contributed by atoms with Crippen LogP contribution in [0.2, 0.25) is 0 Å². The number of carboxylic acids is 1. The maximum Gasteiger partial charge on any atom is 0.307 e. The molecule has 2 N–H and O–H groups in total. The van der Waals surface area contributed by atoms with Gasteiger partial charge in [0.2, 0.25) is 5.91 Å². The molecule has 6 nitrogen and oxygen atoms in total. The molecular formula is C13H23NO5. The van der Waals surface area contributed by atoms with Gasteiger partial charge < -0.3 is 19.8 Å². The number of morpholine rings is 1. The van der Waals surface area contributed by atoms with Gasteiger partial charge in [-0.15, -0.1) is 0 Å². The standard InChI is InChI=1S/C13H23NO5/c1-8(9(2)12(17)18)11(16)14-5-10(6-15)19-13(3,4)7-14/h8-10,15H,5-7H2,1-4H3,(H,17,18). The molecule has 0 radical (unpaired) electrons. The third-order valence-corrected chi connectivity index (χ3v) is 3.53. The van der Waals surface area contributed by atoms with Crippen LogP contribution in [0.25, 0.3) is 0 Å². The van der Waals surface area contributed by atoms with Crippen molar-refractivity contribution in [1.29, 1.82) is 0 Å². The van der Waals surface area contributed by atoms with E-state index >= 15 is 0 Å². The molecule has 1 rings (SSSR count). The Bertz CT molecular complexity index is 355. The second-order valence-corrected chi connectivity index (χ2v) is 5.82. The molecule has 1 aliphatic heterocycles. The molecule has 0 bridgehead atoms. The molecule has 0 aromatic heterocycles. The maximum absolute atomic E-state index is 12.3. The first kappa shape index (κ1) is 15.9. The van der Waals surface area contributed by atoms with E-state index in [2.05, 4.69) is 0 Å². The summed E-state index contributed by atoms with van der Waals surface area (Å²) in [6.07, 6.45) is -0.417. The van der Waals surface area contributed by atoms with Crippen LogP contribution in [0.3, 0.4) is 0 Å². The van der Waals surface area contributed by atoms with Crippen LogP contribution in [-0.2, 0) is 14.3 Å². The third-order valence-electron chi connectivity index (χ3n) is 3.53. The lowest BCUT2D eigenvalue weighted by atomic mass is 9.93. The van der Waals surface area contributed by atoms with Gasteiger partial charge in [-0.3, -0.25) is 9.59 Å². The van der Waals surface area contributed by atoms with Gasteiger partial charge in [0.1, 0.15) is 0 Å². The molecule has 110 valence electrons. The summed E-state index contributed by atoms with van der Waals surface area (Å²) in [5.41, 5.74) is -0.534. The zero-order valence-corrected chi connectivity index (χ0v) is 11.9. The summed E-state index contributed by atoms with van der Waals surface area (Å²) < 4.78 is 5.63. The fraction of sp³-hybridized carbons (Fsp3) is 0.846. The average molecular weight is 273 g/mol. The topological polar surface area (TPSA) is 87.1 Å². The summed E-state index contributed by atoms with van der Waals surface area (Å²) in [5, 5.41) is 18.2. The van der Waals surface area contributed by atoms with Crippen molar-refractivity contribution in [3.05, 3.63) is 0 Å². The van der Waals surface area contributed by atoms with Crippen molar-refractivity contribution in [2.75, 3.05) is 19.7 Å². The number of carbonyl (C=O) groups is 2. The molecule has 6 heteroatoms. The summed E-state index contributed by atoms with van der Waals surface area (Å²) >= 11 is 0. The Kier molecular flexibility index (Phi) is 4.92. The summed E-state index contributed by atoms with van der Waals surface area (Å²) in [5.74, 6) is -2.51. The Morgan fingerprint density at radius 3 is 2.42 bits per heavy atom. The molecular weight excluding hydrogens is 250 g/mol. The molecule has 1 saturated heterocycles. The van der Waals surface area contributed by atoms with E-state index in [-0.39, 0.29) is 12.5 Å². The predicted molar refractivity (Wildman–Crippen MR) is 68.6 cm³/mol. The highest BCUT2D eigenvalue weighted by atomic mass is 16.5. The van der Waals surface area contributed by atoms with Gasteiger partial charge in [-0.1, -0.05) is 13.8 Å². The Labute approximate surface area is 113 Å². The zero-order valence-electron chi connectivity index (χ0n) is 11.9. The van der Waals surface area contributed by atoms with Crippen molar-refractivity contribution in [3.8, 4) is 0 Å². The molecule has 3 unspecified atom stereocenters. The highest BCUT2D eigenvalue weighted by Gasteiger charge is 2.38. The zero-order chi connectivity index (χ0) is 14.8. The van der Waals surface area contributed by atoms with Crippen molar-refractivity contribution >= 4 is 11.9 Å². The normalized spacial score (nSPS) is 25.7. The van der Waals surface area contributed by atoms with E-state index in [1.54, 1.807) is 11.8 Å². The molecule has 0 aliphatic carbocycles. The van der Waals surface area contributed by atoms with Crippen LogP contribution in [0.4, 0.5) is 0 Å². The maximum atomic E-state index is 12.3. The molecule has 1 fully saturated rings. The molecule has 0 spiro atoms. The highest BCUT2D eigenvalue weighted by molar-refractivity contribution is 5.84. The Balaban J connectivity index is 2.78. The van der Waals surface area contributed by atoms with Crippen LogP contribution in [0, 0.1) is 11.8 Å². The number of hydrogen-bond donors (Lipinski definition) is 2. The van der Waals surface area contributed by atoms with E-state index in [1.807, 2.05) is 13.8 Å². The minimum atomic E-state index is -0.980. The second-order valence-electron chi connectivity index (χ2n) is 5.82. The molecule has 0 saturated carbocycles. The fourth-order valence-electron chi connectivity index (χ4n) is 2.27. The smallest absolute Gasteiger partial charge is 0.307 e. The molecule has 19 heavy (non-hydrogen) atoms. The van der Waals surface area contributed by atoms with Crippen LogP contribution in [-0.4, -0.2) is 58.4 Å². The predicted octanol–water partition coefficient (Wildman–Crippen LogP) is 0.341. The average Bonchev–Trinajstić information content (AvgIpc) is 2.33. The molecule has 1 aliphatic rings. The van der Waals surface area contributed by atoms with Crippen LogP contribution in [0.15, 0.2) is 0 Å². The lowest BCUT2D eigenvalue weighted by molar-refractivity contribution is -0.172. The van der Waals surface area contributed by atoms with Gasteiger partial charge in [-0.25, -0.2) is 0 Å². The monoisotopic (exact) mass is 273 g/mol. The van der Waals surface area contributed by atoms with E-state index in [0.29, 0.717) is 13.1 Å². The van der Waals surface area contributed by atoms with Gasteiger partial charge in [0.15, 0.2) is 0 Å². The van der Waals surface area contributed by atoms with Crippen LogP contribution < -0.4 is 0 Å². The SMILES string of the molecule is CC(C(=O)O)C(C)C(=O)N1CC(CO)OC(C)(C)C1. The molecule has 1 heterocycles. The summed E-state index contributed by atoms with van der Waals surface area (Å²) in [6, 6.07) is 0. The van der Waals surface area contributed by atoms with Crippen molar-refractivity contribution in [1.82, 2.24) is 4.90 Å². The number of hydrogen-bond acceptors (Lipinski definition) is 4. The number of carboxylic acid groups (broad SMARTS) is 1. The minimum Gasteiger partial charge on any atom is -0.481 e. The van der Waals surface area contributed by atoms with E-state index in [4.69, 9.17) is 9.84 Å². The van der Waals surface area contributed by atoms with Gasteiger partial charge in [0.25, 0.3) is 0 Å². The van der Waals surface area contributed by atoms with Crippen LogP contribution in [0.5, 0.6) is 0 Å². The summed E-state index contributed by atoms with van der Waals surface area (Å²) in [4.78, 5) is 24.9. The van der Waals surface area contributed by atoms with Gasteiger partial charge in [-0.2, -0.15) is 0 Å². The lowest BCUT2D eigenvalue weighted by Gasteiger charge is -2.43. The van der Waals surface area contributed by atoms with E-state index in [0.717, 1.165) is 0 Å². The largest absolute Gasteiger partial charge is 0.481 e. The number of aliphatic hydroxyl groups excluding tert-OH is 1. The van der Waals surface area contributed by atoms with Gasteiger partial charge in [0.05, 0.1) is 24.2 Å². The van der Waals surface area contributed by atoms with Gasteiger partial charge in [0, 0.05) is 19.0 Å². The Morgan fingerprint density at radius 1 is 1.37 bits per heavy atom. The van der Waals surface area contributed by atoms with E-state index in [9.17, 15) is 14.7 Å². The number of carbonyl (C=O) groups excluding carboxylic acids is 1. The first-order valence-electron chi connectivity index (χ1n) is 6.48. The molecule has 1 amide bonds. The molecule has 3 atom stereocenters. The number of aliphatic hydroxyl groups is 1. The lowest BCUT2D eigenvalue weighted by Crippen LogP contribution is -2.57. The van der Waals surface area contributed by atoms with Crippen LogP contribution in [0.1, 0.15) is 27.7 Å². The minimum absolute atomic E-state index is 0.157. The summed E-state index contributed by atoms with van der Waals surface area (Å²) in [6.45, 7) is 7.39. The van der Waals surface area contributed by atoms with Crippen molar-refractivity contribution < 1.29 is 24.5 Å². The van der Waals surface area contributed by atoms with Crippen molar-refractivity contribution in [3.63, 3.8) is 0 Å². The van der Waals surface area contributed by atoms with Crippen molar-refractivity contribution in [2.45, 2.75) is 39.4 Å². The fourth-order valence-corrected chi connectivity index (χ4v) is 2.27. The number of aliphatic carboxylic acids is 1. The second kappa shape index (κ2) is 5.88. The quantitative estimate of drug-likeness (QED) is 0.771. The van der Waals surface area contributed by atoms with E-state index in [1.165, 1.54) is 6.92 Å². The molecule has 0 aromatic rings. The number of ether oxygens (including phenoxy) is 1. The molecule has 0 aromatic carbocycles. The van der Waals surface area contributed by atoms with Gasteiger partial charge in [-0.05, 0) is 13.8 Å². The van der Waals surface area contributed by atoms with Crippen LogP contribution >= 0.6 is 0 Å². The van der Waals surface area contributed by atoms with Crippen molar-refractivity contribution in [2.24, 2.45) is 11.8 Å². The number of nitrogens with zero attached hydrogens (tertiary/aromatic N) is 1. The first-order chi connectivity index (χ1) is 8.68. The van der Waals surface area contributed by atoms with Gasteiger partial charge >= 0.3 is 5.97 Å². The first-order valence-corrected chi connectivity index (χ1v) is 6.48. The van der Waals surface area contributed by atoms with E-state index < -0.39 is 29.5 Å². The Morgan fingerprint density at radius 2 is 1.95 bits per heavy atom. The Hall–Kier alpha value is -1.14. The highest BCUT2D eigenvalue weighted by Crippen LogP contribution is 2.24. The third kappa shape index (κ3) is 3.91. The number of amides is 1. The number of rotatable bonds is 4.